The van der Waals surface area contributed by atoms with Gasteiger partial charge < -0.3 is 15.2 Å². The Balaban J connectivity index is 1.85. The smallest absolute Gasteiger partial charge is 0.341 e. The van der Waals surface area contributed by atoms with Crippen molar-refractivity contribution in [2.24, 2.45) is 5.92 Å². The van der Waals surface area contributed by atoms with Crippen LogP contribution >= 0.6 is 11.3 Å². The minimum Gasteiger partial charge on any atom is -0.482 e. The topological polar surface area (TPSA) is 71.5 Å². The van der Waals surface area contributed by atoms with Crippen LogP contribution in [0, 0.1) is 5.92 Å². The molecule has 0 aliphatic rings. The fourth-order valence-corrected chi connectivity index (χ4v) is 2.90. The Bertz CT molecular complexity index is 610. The molecule has 22 heavy (non-hydrogen) atoms. The predicted octanol–water partition coefficient (Wildman–Crippen LogP) is 3.07. The van der Waals surface area contributed by atoms with Gasteiger partial charge in [-0.15, -0.1) is 11.3 Å². The lowest BCUT2D eigenvalue weighted by Gasteiger charge is -2.10. The highest BCUT2D eigenvalue weighted by molar-refractivity contribution is 7.13. The molecule has 1 heterocycles. The second-order valence-electron chi connectivity index (χ2n) is 5.23. The van der Waals surface area contributed by atoms with E-state index in [1.807, 2.05) is 31.3 Å². The Hall–Kier alpha value is -2.08. The number of carbonyl (C=O) groups is 1. The molecule has 0 fully saturated rings. The van der Waals surface area contributed by atoms with Crippen LogP contribution in [0.25, 0.3) is 0 Å². The zero-order valence-corrected chi connectivity index (χ0v) is 13.5. The number of ether oxygens (including phenoxy) is 1. The van der Waals surface area contributed by atoms with Crippen LogP contribution in [-0.2, 0) is 17.6 Å². The Morgan fingerprint density at radius 2 is 2.09 bits per heavy atom. The van der Waals surface area contributed by atoms with Gasteiger partial charge in [-0.3, -0.25) is 0 Å². The summed E-state index contributed by atoms with van der Waals surface area (Å²) in [7, 11) is 1.88. The molecule has 0 unspecified atom stereocenters. The zero-order valence-electron chi connectivity index (χ0n) is 12.7. The second kappa shape index (κ2) is 7.79. The first-order valence-corrected chi connectivity index (χ1v) is 8.00. The predicted molar refractivity (Wildman–Crippen MR) is 87.8 cm³/mol. The molecule has 0 saturated carbocycles. The molecule has 0 radical (unpaired) electrons. The van der Waals surface area contributed by atoms with E-state index < -0.39 is 5.97 Å². The number of nitrogens with zero attached hydrogens (tertiary/aromatic N) is 1. The summed E-state index contributed by atoms with van der Waals surface area (Å²) >= 11 is 1.62. The van der Waals surface area contributed by atoms with E-state index in [0.29, 0.717) is 11.7 Å². The molecule has 1 aromatic heterocycles. The van der Waals surface area contributed by atoms with Gasteiger partial charge in [0, 0.05) is 12.4 Å². The van der Waals surface area contributed by atoms with Crippen LogP contribution in [0.15, 0.2) is 29.6 Å². The lowest BCUT2D eigenvalue weighted by atomic mass is 9.97. The summed E-state index contributed by atoms with van der Waals surface area (Å²) in [5, 5.41) is 14.7. The van der Waals surface area contributed by atoms with Crippen molar-refractivity contribution in [3.8, 4) is 5.75 Å². The summed E-state index contributed by atoms with van der Waals surface area (Å²) < 4.78 is 5.12. The van der Waals surface area contributed by atoms with Crippen LogP contribution in [0.2, 0.25) is 0 Å². The number of thiazole rings is 1. The normalized spacial score (nSPS) is 11.9. The number of hydrogen-bond acceptors (Lipinski definition) is 5. The molecule has 0 aliphatic carbocycles. The van der Waals surface area contributed by atoms with Crippen molar-refractivity contribution in [1.29, 1.82) is 0 Å². The van der Waals surface area contributed by atoms with Crippen LogP contribution in [0.4, 0.5) is 5.13 Å². The van der Waals surface area contributed by atoms with Crippen molar-refractivity contribution in [3.05, 3.63) is 40.9 Å². The number of benzene rings is 1. The molecular weight excluding hydrogens is 300 g/mol. The average molecular weight is 320 g/mol. The van der Waals surface area contributed by atoms with Crippen molar-refractivity contribution < 1.29 is 14.6 Å². The molecule has 5 nitrogen and oxygen atoms in total. The molecule has 118 valence electrons. The van der Waals surface area contributed by atoms with E-state index in [2.05, 4.69) is 22.6 Å². The monoisotopic (exact) mass is 320 g/mol. The minimum absolute atomic E-state index is 0.312. The van der Waals surface area contributed by atoms with Crippen LogP contribution in [0.3, 0.4) is 0 Å². The van der Waals surface area contributed by atoms with Crippen LogP contribution in [-0.4, -0.2) is 29.7 Å². The maximum atomic E-state index is 10.4. The van der Waals surface area contributed by atoms with Gasteiger partial charge in [0.15, 0.2) is 11.7 Å². The summed E-state index contributed by atoms with van der Waals surface area (Å²) in [6.07, 6.45) is 1.89. The molecule has 1 atom stereocenters. The third kappa shape index (κ3) is 5.04. The van der Waals surface area contributed by atoms with Crippen molar-refractivity contribution in [1.82, 2.24) is 4.98 Å². The summed E-state index contributed by atoms with van der Waals surface area (Å²) in [4.78, 5) is 14.9. The van der Waals surface area contributed by atoms with Gasteiger partial charge in [0.1, 0.15) is 5.75 Å². The van der Waals surface area contributed by atoms with Gasteiger partial charge >= 0.3 is 5.97 Å². The van der Waals surface area contributed by atoms with Gasteiger partial charge in [0.05, 0.1) is 5.69 Å². The Morgan fingerprint density at radius 3 is 2.68 bits per heavy atom. The largest absolute Gasteiger partial charge is 0.482 e. The number of rotatable bonds is 8. The maximum absolute atomic E-state index is 10.4. The first-order chi connectivity index (χ1) is 10.6. The van der Waals surface area contributed by atoms with Gasteiger partial charge in [-0.2, -0.15) is 0 Å². The third-order valence-corrected chi connectivity index (χ3v) is 4.10. The zero-order chi connectivity index (χ0) is 15.9. The Labute approximate surface area is 134 Å². The van der Waals surface area contributed by atoms with E-state index in [-0.39, 0.29) is 6.61 Å². The Morgan fingerprint density at radius 1 is 1.36 bits per heavy atom. The number of nitrogens with one attached hydrogen (secondary N) is 1. The number of carboxylic acids is 1. The summed E-state index contributed by atoms with van der Waals surface area (Å²) in [6.45, 7) is 1.89. The first-order valence-electron chi connectivity index (χ1n) is 7.12. The van der Waals surface area contributed by atoms with Crippen molar-refractivity contribution in [2.75, 3.05) is 19.0 Å². The fourth-order valence-electron chi connectivity index (χ4n) is 2.21. The lowest BCUT2D eigenvalue weighted by molar-refractivity contribution is -0.139. The van der Waals surface area contributed by atoms with E-state index >= 15 is 0 Å². The number of hydrogen-bond donors (Lipinski definition) is 2. The lowest BCUT2D eigenvalue weighted by Crippen LogP contribution is -2.09. The van der Waals surface area contributed by atoms with Gasteiger partial charge in [0.25, 0.3) is 0 Å². The average Bonchev–Trinajstić information content (AvgIpc) is 2.94. The van der Waals surface area contributed by atoms with Gasteiger partial charge in [-0.05, 0) is 36.5 Å². The van der Waals surface area contributed by atoms with Gasteiger partial charge in [-0.25, -0.2) is 9.78 Å². The highest BCUT2D eigenvalue weighted by atomic mass is 32.1. The quantitative estimate of drug-likeness (QED) is 0.782. The molecular formula is C16H20N2O3S. The van der Waals surface area contributed by atoms with Crippen LogP contribution < -0.4 is 10.1 Å². The van der Waals surface area contributed by atoms with E-state index in [9.17, 15) is 4.79 Å². The van der Waals surface area contributed by atoms with E-state index in [0.717, 1.165) is 23.7 Å². The van der Waals surface area contributed by atoms with Crippen molar-refractivity contribution >= 4 is 22.4 Å². The van der Waals surface area contributed by atoms with Crippen LogP contribution in [0.5, 0.6) is 5.75 Å². The summed E-state index contributed by atoms with van der Waals surface area (Å²) in [6, 6.07) is 7.58. The highest BCUT2D eigenvalue weighted by Crippen LogP contribution is 2.20. The molecule has 2 N–H and O–H groups in total. The van der Waals surface area contributed by atoms with Gasteiger partial charge in [-0.1, -0.05) is 19.1 Å². The number of carboxylic acid groups (broad SMARTS) is 1. The molecule has 0 bridgehead atoms. The maximum Gasteiger partial charge on any atom is 0.341 e. The molecule has 6 heteroatoms. The van der Waals surface area contributed by atoms with E-state index in [1.165, 1.54) is 5.56 Å². The second-order valence-corrected chi connectivity index (χ2v) is 6.09. The molecule has 2 aromatic rings. The molecule has 1 aromatic carbocycles. The van der Waals surface area contributed by atoms with Crippen molar-refractivity contribution in [2.45, 2.75) is 19.8 Å². The molecule has 0 saturated heterocycles. The van der Waals surface area contributed by atoms with E-state index in [1.54, 1.807) is 11.3 Å². The van der Waals surface area contributed by atoms with Crippen LogP contribution in [0.1, 0.15) is 18.2 Å². The third-order valence-electron chi connectivity index (χ3n) is 3.19. The van der Waals surface area contributed by atoms with Crippen molar-refractivity contribution in [3.63, 3.8) is 0 Å². The number of aromatic nitrogens is 1. The molecule has 0 amide bonds. The molecule has 2 rings (SSSR count). The van der Waals surface area contributed by atoms with Gasteiger partial charge in [0.2, 0.25) is 0 Å². The standard InChI is InChI=1S/C16H20N2O3S/c1-11(8-13-10-22-16(17-2)18-13)7-12-3-5-14(6-4-12)21-9-15(19)20/h3-6,10-11H,7-9H2,1-2H3,(H,17,18)(H,19,20)/t11-/m0/s1. The summed E-state index contributed by atoms with van der Waals surface area (Å²) in [5.41, 5.74) is 2.32. The fraction of sp³-hybridized carbons (Fsp3) is 0.375. The first kappa shape index (κ1) is 16.3. The number of anilines is 1. The SMILES string of the molecule is CNc1nc(C[C@@H](C)Cc2ccc(OCC(=O)O)cc2)cs1. The molecule has 0 spiro atoms. The number of aliphatic carboxylic acids is 1. The van der Waals surface area contributed by atoms with E-state index in [4.69, 9.17) is 9.84 Å². The summed E-state index contributed by atoms with van der Waals surface area (Å²) in [5.74, 6) is 0.0939. The molecule has 0 aliphatic heterocycles. The minimum atomic E-state index is -0.970. The highest BCUT2D eigenvalue weighted by Gasteiger charge is 2.09. The Kier molecular flexibility index (Phi) is 5.77.